The number of halogens is 1. The molecular weight excluding hydrogens is 281 g/mol. The van der Waals surface area contributed by atoms with E-state index < -0.39 is 5.97 Å². The molecular formula is C14H18FNO3S. The molecule has 0 heterocycles. The molecule has 4 nitrogen and oxygen atoms in total. The maximum atomic E-state index is 13.4. The van der Waals surface area contributed by atoms with Crippen molar-refractivity contribution in [1.82, 2.24) is 4.90 Å². The molecule has 0 unspecified atom stereocenters. The van der Waals surface area contributed by atoms with Crippen molar-refractivity contribution in [2.75, 3.05) is 18.8 Å². The maximum absolute atomic E-state index is 13.4. The van der Waals surface area contributed by atoms with Crippen LogP contribution in [0.3, 0.4) is 0 Å². The van der Waals surface area contributed by atoms with Crippen molar-refractivity contribution in [3.8, 4) is 0 Å². The molecule has 1 rings (SSSR count). The third kappa shape index (κ3) is 5.61. The van der Waals surface area contributed by atoms with Gasteiger partial charge in [0.2, 0.25) is 5.91 Å². The van der Waals surface area contributed by atoms with Crippen molar-refractivity contribution >= 4 is 23.6 Å². The van der Waals surface area contributed by atoms with Gasteiger partial charge in [-0.05, 0) is 18.1 Å². The molecule has 0 saturated carbocycles. The summed E-state index contributed by atoms with van der Waals surface area (Å²) in [6.45, 7) is 3.87. The standard InChI is InChI=1S/C14H18FNO3S/c1-10(2)7-16(8-14(18)19)13(17)9-20-12-6-4-3-5-11(12)15/h3-6,10H,7-9H2,1-2H3,(H,18,19). The van der Waals surface area contributed by atoms with Gasteiger partial charge in [0.05, 0.1) is 5.75 Å². The number of carbonyl (C=O) groups excluding carboxylic acids is 1. The van der Waals surface area contributed by atoms with Crippen LogP contribution in [0.1, 0.15) is 13.8 Å². The Morgan fingerprint density at radius 2 is 2.00 bits per heavy atom. The highest BCUT2D eigenvalue weighted by Gasteiger charge is 2.18. The topological polar surface area (TPSA) is 57.6 Å². The highest BCUT2D eigenvalue weighted by molar-refractivity contribution is 8.00. The van der Waals surface area contributed by atoms with Crippen molar-refractivity contribution in [1.29, 1.82) is 0 Å². The minimum atomic E-state index is -1.05. The van der Waals surface area contributed by atoms with Crippen LogP contribution in [-0.4, -0.2) is 40.7 Å². The summed E-state index contributed by atoms with van der Waals surface area (Å²) in [6, 6.07) is 6.20. The molecule has 0 fully saturated rings. The molecule has 1 aromatic carbocycles. The van der Waals surface area contributed by atoms with E-state index in [-0.39, 0.29) is 29.9 Å². The van der Waals surface area contributed by atoms with Gasteiger partial charge in [0.25, 0.3) is 0 Å². The first kappa shape index (κ1) is 16.5. The van der Waals surface area contributed by atoms with E-state index >= 15 is 0 Å². The number of carboxylic acid groups (broad SMARTS) is 1. The summed E-state index contributed by atoms with van der Waals surface area (Å²) in [5.41, 5.74) is 0. The molecule has 0 aliphatic carbocycles. The van der Waals surface area contributed by atoms with E-state index in [0.717, 1.165) is 11.8 Å². The Morgan fingerprint density at radius 3 is 2.55 bits per heavy atom. The number of hydrogen-bond acceptors (Lipinski definition) is 3. The van der Waals surface area contributed by atoms with Gasteiger partial charge in [-0.3, -0.25) is 9.59 Å². The van der Waals surface area contributed by atoms with Gasteiger partial charge in [0.1, 0.15) is 12.4 Å². The fourth-order valence-corrected chi connectivity index (χ4v) is 2.49. The number of amides is 1. The van der Waals surface area contributed by atoms with Gasteiger partial charge in [-0.1, -0.05) is 26.0 Å². The Balaban J connectivity index is 2.62. The fourth-order valence-electron chi connectivity index (χ4n) is 1.65. The minimum absolute atomic E-state index is 0.0287. The molecule has 0 spiro atoms. The zero-order valence-corrected chi connectivity index (χ0v) is 12.3. The van der Waals surface area contributed by atoms with Crippen LogP contribution in [0, 0.1) is 11.7 Å². The summed E-state index contributed by atoms with van der Waals surface area (Å²) in [5.74, 6) is -1.51. The maximum Gasteiger partial charge on any atom is 0.323 e. The van der Waals surface area contributed by atoms with Crippen molar-refractivity contribution in [3.63, 3.8) is 0 Å². The van der Waals surface area contributed by atoms with Gasteiger partial charge >= 0.3 is 5.97 Å². The predicted molar refractivity (Wildman–Crippen MR) is 76.2 cm³/mol. The van der Waals surface area contributed by atoms with E-state index in [0.29, 0.717) is 11.4 Å². The van der Waals surface area contributed by atoms with E-state index in [1.54, 1.807) is 18.2 Å². The molecule has 20 heavy (non-hydrogen) atoms. The number of rotatable bonds is 7. The van der Waals surface area contributed by atoms with E-state index in [9.17, 15) is 14.0 Å². The SMILES string of the molecule is CC(C)CN(CC(=O)O)C(=O)CSc1ccccc1F. The lowest BCUT2D eigenvalue weighted by molar-refractivity contribution is -0.143. The summed E-state index contributed by atoms with van der Waals surface area (Å²) < 4.78 is 13.4. The Kier molecular flexibility index (Phi) is 6.51. The van der Waals surface area contributed by atoms with Gasteiger partial charge in [0.15, 0.2) is 0 Å². The first-order chi connectivity index (χ1) is 9.40. The lowest BCUT2D eigenvalue weighted by Crippen LogP contribution is -2.39. The van der Waals surface area contributed by atoms with Crippen LogP contribution < -0.4 is 0 Å². The molecule has 0 aliphatic rings. The zero-order valence-electron chi connectivity index (χ0n) is 11.5. The van der Waals surface area contributed by atoms with Gasteiger partial charge in [-0.15, -0.1) is 11.8 Å². The van der Waals surface area contributed by atoms with E-state index in [1.165, 1.54) is 11.0 Å². The van der Waals surface area contributed by atoms with E-state index in [2.05, 4.69) is 0 Å². The molecule has 110 valence electrons. The average Bonchev–Trinajstić information content (AvgIpc) is 2.35. The molecule has 6 heteroatoms. The third-order valence-electron chi connectivity index (χ3n) is 2.45. The Bertz CT molecular complexity index is 479. The van der Waals surface area contributed by atoms with Crippen LogP contribution >= 0.6 is 11.8 Å². The second-order valence-electron chi connectivity index (χ2n) is 4.78. The van der Waals surface area contributed by atoms with Crippen LogP contribution in [0.15, 0.2) is 29.2 Å². The second kappa shape index (κ2) is 7.89. The number of hydrogen-bond donors (Lipinski definition) is 1. The van der Waals surface area contributed by atoms with Crippen molar-refractivity contribution in [2.45, 2.75) is 18.7 Å². The molecule has 0 radical (unpaired) electrons. The van der Waals surface area contributed by atoms with E-state index in [1.807, 2.05) is 13.8 Å². The number of benzene rings is 1. The molecule has 0 saturated heterocycles. The first-order valence-electron chi connectivity index (χ1n) is 6.27. The van der Waals surface area contributed by atoms with Crippen LogP contribution in [0.25, 0.3) is 0 Å². The highest BCUT2D eigenvalue weighted by atomic mass is 32.2. The second-order valence-corrected chi connectivity index (χ2v) is 5.80. The van der Waals surface area contributed by atoms with Crippen molar-refractivity contribution in [3.05, 3.63) is 30.1 Å². The first-order valence-corrected chi connectivity index (χ1v) is 7.25. The van der Waals surface area contributed by atoms with Gasteiger partial charge in [-0.25, -0.2) is 4.39 Å². The molecule has 0 aliphatic heterocycles. The zero-order chi connectivity index (χ0) is 15.1. The molecule has 0 aromatic heterocycles. The minimum Gasteiger partial charge on any atom is -0.480 e. The van der Waals surface area contributed by atoms with Crippen molar-refractivity contribution < 1.29 is 19.1 Å². The predicted octanol–water partition coefficient (Wildman–Crippen LogP) is 2.49. The Hall–Kier alpha value is -1.56. The summed E-state index contributed by atoms with van der Waals surface area (Å²) >= 11 is 1.08. The lowest BCUT2D eigenvalue weighted by atomic mass is 10.2. The molecule has 1 amide bonds. The number of nitrogens with zero attached hydrogens (tertiary/aromatic N) is 1. The smallest absolute Gasteiger partial charge is 0.323 e. The fraction of sp³-hybridized carbons (Fsp3) is 0.429. The summed E-state index contributed by atoms with van der Waals surface area (Å²) in [6.07, 6.45) is 0. The third-order valence-corrected chi connectivity index (χ3v) is 3.49. The largest absolute Gasteiger partial charge is 0.480 e. The number of carboxylic acids is 1. The molecule has 1 N–H and O–H groups in total. The average molecular weight is 299 g/mol. The number of carbonyl (C=O) groups is 2. The monoisotopic (exact) mass is 299 g/mol. The Morgan fingerprint density at radius 1 is 1.35 bits per heavy atom. The van der Waals surface area contributed by atoms with Gasteiger partial charge in [0, 0.05) is 11.4 Å². The van der Waals surface area contributed by atoms with Crippen LogP contribution in [-0.2, 0) is 9.59 Å². The molecule has 0 atom stereocenters. The summed E-state index contributed by atoms with van der Waals surface area (Å²) in [4.78, 5) is 24.5. The summed E-state index contributed by atoms with van der Waals surface area (Å²) in [5, 5.41) is 8.81. The molecule has 1 aromatic rings. The molecule has 0 bridgehead atoms. The lowest BCUT2D eigenvalue weighted by Gasteiger charge is -2.22. The van der Waals surface area contributed by atoms with Crippen LogP contribution in [0.4, 0.5) is 4.39 Å². The summed E-state index contributed by atoms with van der Waals surface area (Å²) in [7, 11) is 0. The number of aliphatic carboxylic acids is 1. The quantitative estimate of drug-likeness (QED) is 0.786. The Labute approximate surface area is 122 Å². The van der Waals surface area contributed by atoms with Gasteiger partial charge < -0.3 is 10.0 Å². The van der Waals surface area contributed by atoms with Crippen LogP contribution in [0.2, 0.25) is 0 Å². The normalized spacial score (nSPS) is 10.6. The van der Waals surface area contributed by atoms with Crippen molar-refractivity contribution in [2.24, 2.45) is 5.92 Å². The highest BCUT2D eigenvalue weighted by Crippen LogP contribution is 2.21. The van der Waals surface area contributed by atoms with Gasteiger partial charge in [-0.2, -0.15) is 0 Å². The number of thioether (sulfide) groups is 1. The van der Waals surface area contributed by atoms with E-state index in [4.69, 9.17) is 5.11 Å². The van der Waals surface area contributed by atoms with Crippen LogP contribution in [0.5, 0.6) is 0 Å².